The number of hydrogen-bond donors (Lipinski definition) is 2. The molecule has 3 N–H and O–H groups in total. The number of carbonyl (C=O) groups excluding carboxylic acids is 1. The summed E-state index contributed by atoms with van der Waals surface area (Å²) in [5.74, 6) is 0.588. The smallest absolute Gasteiger partial charge is 0.226 e. The van der Waals surface area contributed by atoms with Crippen LogP contribution in [0.3, 0.4) is 0 Å². The Kier molecular flexibility index (Phi) is 4.56. The lowest BCUT2D eigenvalue weighted by atomic mass is 9.88. The zero-order valence-corrected chi connectivity index (χ0v) is 12.3. The maximum Gasteiger partial charge on any atom is 0.226 e. The van der Waals surface area contributed by atoms with Gasteiger partial charge in [-0.2, -0.15) is 0 Å². The average molecular weight is 288 g/mol. The van der Waals surface area contributed by atoms with Gasteiger partial charge in [0.15, 0.2) is 0 Å². The Morgan fingerprint density at radius 2 is 2.05 bits per heavy atom. The van der Waals surface area contributed by atoms with Crippen LogP contribution in [-0.2, 0) is 9.53 Å². The molecule has 21 heavy (non-hydrogen) atoms. The second kappa shape index (κ2) is 6.58. The third kappa shape index (κ3) is 3.63. The van der Waals surface area contributed by atoms with Crippen LogP contribution in [0.4, 0.5) is 0 Å². The fraction of sp³-hybridized carbons (Fsp3) is 0.588. The van der Waals surface area contributed by atoms with Gasteiger partial charge >= 0.3 is 0 Å². The first-order valence-electron chi connectivity index (χ1n) is 7.95. The summed E-state index contributed by atoms with van der Waals surface area (Å²) in [4.78, 5) is 12.5. The molecule has 3 atom stereocenters. The van der Waals surface area contributed by atoms with E-state index in [1.165, 1.54) is 12.8 Å². The molecule has 1 saturated carbocycles. The predicted octanol–water partition coefficient (Wildman–Crippen LogP) is 2.01. The number of nitrogens with two attached hydrogens (primary N) is 1. The van der Waals surface area contributed by atoms with Gasteiger partial charge < -0.3 is 15.8 Å². The average Bonchev–Trinajstić information content (AvgIpc) is 3.38. The van der Waals surface area contributed by atoms with Crippen LogP contribution < -0.4 is 11.1 Å². The van der Waals surface area contributed by atoms with E-state index in [4.69, 9.17) is 10.5 Å². The first kappa shape index (κ1) is 14.5. The highest BCUT2D eigenvalue weighted by Crippen LogP contribution is 2.34. The molecule has 0 spiro atoms. The van der Waals surface area contributed by atoms with Gasteiger partial charge in [0, 0.05) is 19.2 Å². The van der Waals surface area contributed by atoms with Gasteiger partial charge in [-0.25, -0.2) is 0 Å². The van der Waals surface area contributed by atoms with E-state index in [1.54, 1.807) is 0 Å². The van der Waals surface area contributed by atoms with E-state index in [1.807, 2.05) is 30.3 Å². The minimum Gasteiger partial charge on any atom is -0.373 e. The normalized spacial score (nSPS) is 27.1. The SMILES string of the molecule is NC(CNC(=O)C1CCCOC1c1ccccc1)C1CC1. The molecule has 1 aromatic rings. The molecule has 1 heterocycles. The minimum atomic E-state index is -0.128. The summed E-state index contributed by atoms with van der Waals surface area (Å²) in [6.45, 7) is 1.31. The monoisotopic (exact) mass is 288 g/mol. The van der Waals surface area contributed by atoms with Gasteiger partial charge in [0.1, 0.15) is 0 Å². The topological polar surface area (TPSA) is 64.3 Å². The molecule has 1 aromatic carbocycles. The number of amides is 1. The first-order chi connectivity index (χ1) is 10.3. The Morgan fingerprint density at radius 3 is 2.76 bits per heavy atom. The van der Waals surface area contributed by atoms with E-state index in [9.17, 15) is 4.79 Å². The van der Waals surface area contributed by atoms with Gasteiger partial charge in [-0.05, 0) is 37.2 Å². The van der Waals surface area contributed by atoms with Crippen molar-refractivity contribution >= 4 is 5.91 Å². The highest BCUT2D eigenvalue weighted by atomic mass is 16.5. The summed E-state index contributed by atoms with van der Waals surface area (Å²) in [6.07, 6.45) is 4.10. The Balaban J connectivity index is 1.61. The van der Waals surface area contributed by atoms with Gasteiger partial charge in [0.2, 0.25) is 5.91 Å². The molecular weight excluding hydrogens is 264 g/mol. The Bertz CT molecular complexity index is 473. The van der Waals surface area contributed by atoms with Crippen LogP contribution in [0.25, 0.3) is 0 Å². The Hall–Kier alpha value is -1.39. The third-order valence-corrected chi connectivity index (χ3v) is 4.53. The zero-order valence-electron chi connectivity index (χ0n) is 12.3. The van der Waals surface area contributed by atoms with Crippen molar-refractivity contribution < 1.29 is 9.53 Å². The summed E-state index contributed by atoms with van der Waals surface area (Å²) in [7, 11) is 0. The molecule has 1 amide bonds. The van der Waals surface area contributed by atoms with Crippen molar-refractivity contribution in [2.75, 3.05) is 13.2 Å². The van der Waals surface area contributed by atoms with Crippen molar-refractivity contribution in [1.82, 2.24) is 5.32 Å². The summed E-state index contributed by atoms with van der Waals surface area (Å²) in [5.41, 5.74) is 7.14. The molecule has 1 aliphatic heterocycles. The molecule has 1 aliphatic carbocycles. The van der Waals surface area contributed by atoms with E-state index in [0.717, 1.165) is 25.0 Å². The summed E-state index contributed by atoms with van der Waals surface area (Å²) >= 11 is 0. The van der Waals surface area contributed by atoms with Gasteiger partial charge in [0.25, 0.3) is 0 Å². The molecule has 2 aliphatic rings. The molecule has 1 saturated heterocycles. The molecule has 4 heteroatoms. The lowest BCUT2D eigenvalue weighted by Crippen LogP contribution is -2.43. The summed E-state index contributed by atoms with van der Waals surface area (Å²) in [5, 5.41) is 3.03. The predicted molar refractivity (Wildman–Crippen MR) is 81.6 cm³/mol. The van der Waals surface area contributed by atoms with Gasteiger partial charge in [-0.15, -0.1) is 0 Å². The highest BCUT2D eigenvalue weighted by Gasteiger charge is 2.34. The lowest BCUT2D eigenvalue weighted by Gasteiger charge is -2.31. The Labute approximate surface area is 126 Å². The Morgan fingerprint density at radius 1 is 1.29 bits per heavy atom. The quantitative estimate of drug-likeness (QED) is 0.871. The number of hydrogen-bond acceptors (Lipinski definition) is 3. The maximum atomic E-state index is 12.5. The summed E-state index contributed by atoms with van der Waals surface area (Å²) in [6, 6.07) is 10.1. The van der Waals surface area contributed by atoms with E-state index in [0.29, 0.717) is 12.5 Å². The van der Waals surface area contributed by atoms with Crippen molar-refractivity contribution in [2.24, 2.45) is 17.6 Å². The molecule has 0 bridgehead atoms. The standard InChI is InChI=1S/C17H24N2O2/c18-15(12-8-9-12)11-19-17(20)14-7-4-10-21-16(14)13-5-2-1-3-6-13/h1-3,5-6,12,14-16H,4,7-11,18H2,(H,19,20). The van der Waals surface area contributed by atoms with E-state index in [-0.39, 0.29) is 24.0 Å². The van der Waals surface area contributed by atoms with Gasteiger partial charge in [-0.1, -0.05) is 30.3 Å². The van der Waals surface area contributed by atoms with E-state index < -0.39 is 0 Å². The number of ether oxygens (including phenoxy) is 1. The van der Waals surface area contributed by atoms with Crippen LogP contribution in [0.15, 0.2) is 30.3 Å². The van der Waals surface area contributed by atoms with Crippen LogP contribution in [-0.4, -0.2) is 25.1 Å². The zero-order chi connectivity index (χ0) is 14.7. The second-order valence-electron chi connectivity index (χ2n) is 6.20. The fourth-order valence-electron chi connectivity index (χ4n) is 3.06. The van der Waals surface area contributed by atoms with E-state index in [2.05, 4.69) is 5.32 Å². The van der Waals surface area contributed by atoms with Crippen LogP contribution in [0.2, 0.25) is 0 Å². The van der Waals surface area contributed by atoms with Gasteiger partial charge in [0.05, 0.1) is 12.0 Å². The van der Waals surface area contributed by atoms with Crippen molar-refractivity contribution in [2.45, 2.75) is 37.8 Å². The van der Waals surface area contributed by atoms with Crippen LogP contribution in [0.5, 0.6) is 0 Å². The summed E-state index contributed by atoms with van der Waals surface area (Å²) < 4.78 is 5.87. The van der Waals surface area contributed by atoms with Crippen molar-refractivity contribution in [3.05, 3.63) is 35.9 Å². The first-order valence-corrected chi connectivity index (χ1v) is 7.95. The molecular formula is C17H24N2O2. The number of nitrogens with one attached hydrogen (secondary N) is 1. The third-order valence-electron chi connectivity index (χ3n) is 4.53. The molecule has 4 nitrogen and oxygen atoms in total. The molecule has 0 radical (unpaired) electrons. The molecule has 2 fully saturated rings. The molecule has 114 valence electrons. The molecule has 3 unspecified atom stereocenters. The molecule has 0 aromatic heterocycles. The number of benzene rings is 1. The van der Waals surface area contributed by atoms with Crippen LogP contribution in [0, 0.1) is 11.8 Å². The van der Waals surface area contributed by atoms with E-state index >= 15 is 0 Å². The molecule has 3 rings (SSSR count). The van der Waals surface area contributed by atoms with Crippen molar-refractivity contribution in [1.29, 1.82) is 0 Å². The maximum absolute atomic E-state index is 12.5. The van der Waals surface area contributed by atoms with Crippen LogP contribution >= 0.6 is 0 Å². The highest BCUT2D eigenvalue weighted by molar-refractivity contribution is 5.79. The van der Waals surface area contributed by atoms with Crippen molar-refractivity contribution in [3.8, 4) is 0 Å². The van der Waals surface area contributed by atoms with Crippen LogP contribution in [0.1, 0.15) is 37.4 Å². The largest absolute Gasteiger partial charge is 0.373 e. The number of rotatable bonds is 5. The fourth-order valence-corrected chi connectivity index (χ4v) is 3.06. The van der Waals surface area contributed by atoms with Crippen molar-refractivity contribution in [3.63, 3.8) is 0 Å². The van der Waals surface area contributed by atoms with Gasteiger partial charge in [-0.3, -0.25) is 4.79 Å². The minimum absolute atomic E-state index is 0.0830. The number of carbonyl (C=O) groups is 1. The lowest BCUT2D eigenvalue weighted by molar-refractivity contribution is -0.134. The second-order valence-corrected chi connectivity index (χ2v) is 6.20.